The van der Waals surface area contributed by atoms with Crippen LogP contribution in [-0.2, 0) is 9.53 Å². The number of hydrogen-bond donors (Lipinski definition) is 4. The van der Waals surface area contributed by atoms with Crippen LogP contribution in [0.5, 0.6) is 0 Å². The van der Waals surface area contributed by atoms with Gasteiger partial charge in [-0.05, 0) is 38.0 Å². The molecule has 1 rings (SSSR count). The average molecular weight is 385 g/mol. The minimum absolute atomic E-state index is 0.0825. The van der Waals surface area contributed by atoms with Crippen molar-refractivity contribution in [1.82, 2.24) is 0 Å². The third-order valence-electron chi connectivity index (χ3n) is 5.16. The van der Waals surface area contributed by atoms with Gasteiger partial charge in [-0.25, -0.2) is 0 Å². The molecule has 0 bridgehead atoms. The fourth-order valence-corrected chi connectivity index (χ4v) is 3.58. The molecule has 6 nitrogen and oxygen atoms in total. The molecule has 6 heteroatoms. The van der Waals surface area contributed by atoms with Crippen molar-refractivity contribution in [3.63, 3.8) is 0 Å². The number of unbranched alkanes of at least 4 members (excludes halogenated alkanes) is 3. The van der Waals surface area contributed by atoms with Crippen LogP contribution in [-0.4, -0.2) is 58.4 Å². The van der Waals surface area contributed by atoms with Crippen LogP contribution in [0.15, 0.2) is 24.3 Å². The number of rotatable bonds is 14. The van der Waals surface area contributed by atoms with E-state index in [9.17, 15) is 20.1 Å². The van der Waals surface area contributed by atoms with Crippen LogP contribution in [0.25, 0.3) is 0 Å². The molecule has 4 N–H and O–H groups in total. The summed E-state index contributed by atoms with van der Waals surface area (Å²) in [5, 5.41) is 39.2. The predicted molar refractivity (Wildman–Crippen MR) is 104 cm³/mol. The van der Waals surface area contributed by atoms with E-state index in [0.29, 0.717) is 32.1 Å². The maximum atomic E-state index is 10.5. The van der Waals surface area contributed by atoms with Gasteiger partial charge in [0.2, 0.25) is 0 Å². The standard InChI is InChI=1S/C21H36O6/c1-27-14-8-4-5-9-16(22)12-13-18-17(19(23)15-20(18)24)10-6-2-3-7-11-21(25)26/h2,6,12-13,16-20,22-24H,3-5,7-11,14-15H2,1H3,(H,25,26)/b6-2-,13-12+/t16-,17+,18+,19-,20+/m0/s1. The van der Waals surface area contributed by atoms with Gasteiger partial charge in [-0.15, -0.1) is 0 Å². The molecule has 5 atom stereocenters. The number of carboxylic acid groups (broad SMARTS) is 1. The molecule has 0 radical (unpaired) electrons. The lowest BCUT2D eigenvalue weighted by Gasteiger charge is -2.19. The first-order valence-corrected chi connectivity index (χ1v) is 10.0. The van der Waals surface area contributed by atoms with Crippen molar-refractivity contribution in [2.75, 3.05) is 13.7 Å². The second kappa shape index (κ2) is 13.9. The van der Waals surface area contributed by atoms with E-state index in [1.165, 1.54) is 0 Å². The van der Waals surface area contributed by atoms with Crippen molar-refractivity contribution < 1.29 is 30.0 Å². The van der Waals surface area contributed by atoms with Gasteiger partial charge in [0.05, 0.1) is 18.3 Å². The van der Waals surface area contributed by atoms with Crippen molar-refractivity contribution in [2.45, 2.75) is 76.1 Å². The highest BCUT2D eigenvalue weighted by molar-refractivity contribution is 5.66. The number of ether oxygens (including phenoxy) is 1. The smallest absolute Gasteiger partial charge is 0.303 e. The van der Waals surface area contributed by atoms with Gasteiger partial charge in [-0.3, -0.25) is 4.79 Å². The van der Waals surface area contributed by atoms with Crippen LogP contribution in [0.2, 0.25) is 0 Å². The van der Waals surface area contributed by atoms with E-state index in [1.807, 2.05) is 18.2 Å². The summed E-state index contributed by atoms with van der Waals surface area (Å²) in [4.78, 5) is 10.5. The molecule has 1 aliphatic carbocycles. The van der Waals surface area contributed by atoms with Crippen LogP contribution in [0.1, 0.15) is 57.8 Å². The van der Waals surface area contributed by atoms with Crippen LogP contribution < -0.4 is 0 Å². The van der Waals surface area contributed by atoms with E-state index in [0.717, 1.165) is 25.9 Å². The van der Waals surface area contributed by atoms with Crippen molar-refractivity contribution in [3.05, 3.63) is 24.3 Å². The Labute approximate surface area is 162 Å². The van der Waals surface area contributed by atoms with E-state index < -0.39 is 24.3 Å². The fraction of sp³-hybridized carbons (Fsp3) is 0.762. The number of aliphatic hydroxyl groups is 3. The van der Waals surface area contributed by atoms with Crippen LogP contribution in [0, 0.1) is 11.8 Å². The third-order valence-corrected chi connectivity index (χ3v) is 5.16. The zero-order valence-corrected chi connectivity index (χ0v) is 16.4. The van der Waals surface area contributed by atoms with Crippen molar-refractivity contribution in [3.8, 4) is 0 Å². The average Bonchev–Trinajstić information content (AvgIpc) is 2.88. The molecule has 0 spiro atoms. The lowest BCUT2D eigenvalue weighted by Crippen LogP contribution is -2.20. The Morgan fingerprint density at radius 1 is 1.15 bits per heavy atom. The summed E-state index contributed by atoms with van der Waals surface area (Å²) in [5.74, 6) is -1.05. The van der Waals surface area contributed by atoms with E-state index >= 15 is 0 Å². The fourth-order valence-electron chi connectivity index (χ4n) is 3.58. The number of aliphatic carboxylic acids is 1. The molecule has 1 aliphatic rings. The highest BCUT2D eigenvalue weighted by Crippen LogP contribution is 2.36. The molecule has 27 heavy (non-hydrogen) atoms. The van der Waals surface area contributed by atoms with Gasteiger partial charge in [0.15, 0.2) is 0 Å². The lowest BCUT2D eigenvalue weighted by atomic mass is 9.89. The zero-order chi connectivity index (χ0) is 20.1. The number of methoxy groups -OCH3 is 1. The Morgan fingerprint density at radius 2 is 1.93 bits per heavy atom. The molecule has 0 saturated heterocycles. The van der Waals surface area contributed by atoms with Gasteiger partial charge in [-0.2, -0.15) is 0 Å². The molecule has 0 heterocycles. The van der Waals surface area contributed by atoms with Gasteiger partial charge in [0, 0.05) is 32.5 Å². The highest BCUT2D eigenvalue weighted by atomic mass is 16.5. The number of hydrogen-bond acceptors (Lipinski definition) is 5. The molecule has 0 aromatic carbocycles. The molecular weight excluding hydrogens is 348 g/mol. The van der Waals surface area contributed by atoms with Gasteiger partial charge >= 0.3 is 5.97 Å². The summed E-state index contributed by atoms with van der Waals surface area (Å²) >= 11 is 0. The normalized spacial score (nSPS) is 27.0. The molecule has 0 aliphatic heterocycles. The van der Waals surface area contributed by atoms with E-state index in [1.54, 1.807) is 13.2 Å². The zero-order valence-electron chi connectivity index (χ0n) is 16.4. The maximum absolute atomic E-state index is 10.5. The third kappa shape index (κ3) is 10.1. The number of aliphatic hydroxyl groups excluding tert-OH is 3. The monoisotopic (exact) mass is 384 g/mol. The number of allylic oxidation sites excluding steroid dienone is 2. The van der Waals surface area contributed by atoms with Gasteiger partial charge in [0.1, 0.15) is 0 Å². The van der Waals surface area contributed by atoms with E-state index in [4.69, 9.17) is 9.84 Å². The van der Waals surface area contributed by atoms with Crippen LogP contribution >= 0.6 is 0 Å². The first kappa shape index (κ1) is 23.8. The lowest BCUT2D eigenvalue weighted by molar-refractivity contribution is -0.137. The quantitative estimate of drug-likeness (QED) is 0.271. The second-order valence-electron chi connectivity index (χ2n) is 7.40. The SMILES string of the molecule is COCCCCC[C@H](O)/C=C/[C@@H]1[C@@H](C/C=C\CCCC(=O)O)[C@@H](O)C[C@H]1O. The number of carbonyl (C=O) groups is 1. The Bertz CT molecular complexity index is 462. The van der Waals surface area contributed by atoms with Gasteiger partial charge < -0.3 is 25.2 Å². The summed E-state index contributed by atoms with van der Waals surface area (Å²) < 4.78 is 5.00. The Kier molecular flexibility index (Phi) is 12.3. The van der Waals surface area contributed by atoms with Crippen molar-refractivity contribution in [1.29, 1.82) is 0 Å². The highest BCUT2D eigenvalue weighted by Gasteiger charge is 2.39. The Hall–Kier alpha value is -1.21. The minimum Gasteiger partial charge on any atom is -0.481 e. The van der Waals surface area contributed by atoms with Crippen molar-refractivity contribution in [2.24, 2.45) is 11.8 Å². The summed E-state index contributed by atoms with van der Waals surface area (Å²) in [7, 11) is 1.68. The van der Waals surface area contributed by atoms with Gasteiger partial charge in [0.25, 0.3) is 0 Å². The Balaban J connectivity index is 2.41. The largest absolute Gasteiger partial charge is 0.481 e. The second-order valence-corrected chi connectivity index (χ2v) is 7.40. The van der Waals surface area contributed by atoms with Gasteiger partial charge in [-0.1, -0.05) is 37.1 Å². The van der Waals surface area contributed by atoms with Crippen LogP contribution in [0.3, 0.4) is 0 Å². The van der Waals surface area contributed by atoms with Crippen molar-refractivity contribution >= 4 is 5.97 Å². The molecule has 1 saturated carbocycles. The molecule has 1 fully saturated rings. The summed E-state index contributed by atoms with van der Waals surface area (Å²) in [6.07, 6.45) is 11.8. The summed E-state index contributed by atoms with van der Waals surface area (Å²) in [6, 6.07) is 0. The summed E-state index contributed by atoms with van der Waals surface area (Å²) in [5.41, 5.74) is 0. The molecule has 0 aromatic rings. The Morgan fingerprint density at radius 3 is 2.63 bits per heavy atom. The topological polar surface area (TPSA) is 107 Å². The molecule has 0 amide bonds. The molecule has 0 aromatic heterocycles. The first-order valence-electron chi connectivity index (χ1n) is 10.0. The first-order chi connectivity index (χ1) is 13.0. The minimum atomic E-state index is -0.791. The molecular formula is C21H36O6. The number of carboxylic acids is 1. The molecule has 0 unspecified atom stereocenters. The maximum Gasteiger partial charge on any atom is 0.303 e. The van der Waals surface area contributed by atoms with E-state index in [-0.39, 0.29) is 18.3 Å². The van der Waals surface area contributed by atoms with Crippen LogP contribution in [0.4, 0.5) is 0 Å². The summed E-state index contributed by atoms with van der Waals surface area (Å²) in [6.45, 7) is 0.740. The van der Waals surface area contributed by atoms with E-state index in [2.05, 4.69) is 0 Å². The predicted octanol–water partition coefficient (Wildman–Crippen LogP) is 2.67. The molecule has 156 valence electrons.